The fourth-order valence-corrected chi connectivity index (χ4v) is 2.09. The first-order valence-electron chi connectivity index (χ1n) is 6.05. The van der Waals surface area contributed by atoms with Crippen molar-refractivity contribution in [1.82, 2.24) is 19.3 Å². The van der Waals surface area contributed by atoms with Crippen molar-refractivity contribution >= 4 is 5.82 Å². The number of rotatable bonds is 2. The van der Waals surface area contributed by atoms with E-state index in [-0.39, 0.29) is 0 Å². The van der Waals surface area contributed by atoms with Crippen LogP contribution < -0.4 is 5.73 Å². The van der Waals surface area contributed by atoms with Crippen LogP contribution in [-0.2, 0) is 7.05 Å². The molecule has 5 nitrogen and oxygen atoms in total. The predicted octanol–water partition coefficient (Wildman–Crippen LogP) is 2.16. The van der Waals surface area contributed by atoms with Crippen LogP contribution in [0.4, 0.5) is 5.82 Å². The second-order valence-corrected chi connectivity index (χ2v) is 4.47. The molecule has 2 aromatic heterocycles. The van der Waals surface area contributed by atoms with E-state index in [0.717, 1.165) is 22.8 Å². The van der Waals surface area contributed by atoms with Gasteiger partial charge in [-0.15, -0.1) is 0 Å². The Kier molecular flexibility index (Phi) is 2.59. The fourth-order valence-electron chi connectivity index (χ4n) is 2.09. The highest BCUT2D eigenvalue weighted by molar-refractivity contribution is 5.65. The van der Waals surface area contributed by atoms with Gasteiger partial charge in [0.1, 0.15) is 11.6 Å². The zero-order valence-corrected chi connectivity index (χ0v) is 10.9. The summed E-state index contributed by atoms with van der Waals surface area (Å²) in [6, 6.07) is 10.0. The van der Waals surface area contributed by atoms with Crippen molar-refractivity contribution in [3.63, 3.8) is 0 Å². The lowest BCUT2D eigenvalue weighted by Gasteiger charge is -2.06. The van der Waals surface area contributed by atoms with Crippen molar-refractivity contribution in [3.8, 4) is 16.9 Å². The van der Waals surface area contributed by atoms with Gasteiger partial charge < -0.3 is 10.3 Å². The van der Waals surface area contributed by atoms with Crippen LogP contribution in [0.5, 0.6) is 0 Å². The van der Waals surface area contributed by atoms with Gasteiger partial charge in [0.2, 0.25) is 0 Å². The average molecular weight is 253 g/mol. The molecule has 19 heavy (non-hydrogen) atoms. The molecule has 0 radical (unpaired) electrons. The fraction of sp³-hybridized carbons (Fsp3) is 0.143. The smallest absolute Gasteiger partial charge is 0.121 e. The van der Waals surface area contributed by atoms with Crippen LogP contribution in [0.25, 0.3) is 16.9 Å². The van der Waals surface area contributed by atoms with Gasteiger partial charge in [0.05, 0.1) is 5.69 Å². The van der Waals surface area contributed by atoms with Gasteiger partial charge in [-0.2, -0.15) is 5.10 Å². The summed E-state index contributed by atoms with van der Waals surface area (Å²) in [4.78, 5) is 4.24. The molecular formula is C14H15N5. The van der Waals surface area contributed by atoms with E-state index in [1.54, 1.807) is 10.9 Å². The van der Waals surface area contributed by atoms with Crippen molar-refractivity contribution in [2.45, 2.75) is 6.92 Å². The van der Waals surface area contributed by atoms with Crippen molar-refractivity contribution < 1.29 is 0 Å². The van der Waals surface area contributed by atoms with E-state index in [1.165, 1.54) is 0 Å². The number of nitrogens with two attached hydrogens (primary N) is 1. The third kappa shape index (κ3) is 1.99. The number of aromatic nitrogens is 4. The van der Waals surface area contributed by atoms with Crippen molar-refractivity contribution in [1.29, 1.82) is 0 Å². The highest BCUT2D eigenvalue weighted by atomic mass is 15.3. The van der Waals surface area contributed by atoms with Crippen molar-refractivity contribution in [3.05, 3.63) is 48.5 Å². The summed E-state index contributed by atoms with van der Waals surface area (Å²) < 4.78 is 3.71. The number of aryl methyl sites for hydroxylation is 2. The maximum absolute atomic E-state index is 5.82. The summed E-state index contributed by atoms with van der Waals surface area (Å²) in [6.45, 7) is 1.98. The first kappa shape index (κ1) is 11.5. The molecule has 0 aliphatic rings. The van der Waals surface area contributed by atoms with E-state index in [4.69, 9.17) is 5.73 Å². The van der Waals surface area contributed by atoms with Crippen LogP contribution in [0, 0.1) is 6.92 Å². The molecule has 2 N–H and O–H groups in total. The van der Waals surface area contributed by atoms with Gasteiger partial charge in [-0.3, -0.25) is 4.68 Å². The molecule has 0 spiro atoms. The van der Waals surface area contributed by atoms with E-state index < -0.39 is 0 Å². The lowest BCUT2D eigenvalue weighted by molar-refractivity contribution is 0.782. The Labute approximate surface area is 111 Å². The molecule has 0 aliphatic heterocycles. The number of anilines is 1. The van der Waals surface area contributed by atoms with Crippen LogP contribution >= 0.6 is 0 Å². The number of nitrogen functional groups attached to an aromatic ring is 1. The molecule has 3 aromatic rings. The van der Waals surface area contributed by atoms with E-state index in [0.29, 0.717) is 5.82 Å². The second-order valence-electron chi connectivity index (χ2n) is 4.47. The minimum absolute atomic E-state index is 0.652. The van der Waals surface area contributed by atoms with Crippen LogP contribution in [0.3, 0.4) is 0 Å². The molecule has 96 valence electrons. The summed E-state index contributed by atoms with van der Waals surface area (Å²) in [5.41, 5.74) is 8.80. The first-order valence-corrected chi connectivity index (χ1v) is 6.05. The second kappa shape index (κ2) is 4.28. The molecule has 0 aliphatic carbocycles. The van der Waals surface area contributed by atoms with Crippen LogP contribution in [0.2, 0.25) is 0 Å². The number of benzene rings is 1. The summed E-state index contributed by atoms with van der Waals surface area (Å²) in [6.07, 6.45) is 3.74. The lowest BCUT2D eigenvalue weighted by Crippen LogP contribution is -1.97. The highest BCUT2D eigenvalue weighted by Gasteiger charge is 2.07. The summed E-state index contributed by atoms with van der Waals surface area (Å²) in [5.74, 6) is 1.61. The third-order valence-electron chi connectivity index (χ3n) is 3.16. The van der Waals surface area contributed by atoms with E-state index in [1.807, 2.05) is 49.0 Å². The first-order chi connectivity index (χ1) is 9.15. The molecule has 1 aromatic carbocycles. The monoisotopic (exact) mass is 253 g/mol. The Morgan fingerprint density at radius 2 is 2.05 bits per heavy atom. The Morgan fingerprint density at radius 3 is 2.68 bits per heavy atom. The van der Waals surface area contributed by atoms with Crippen molar-refractivity contribution in [2.75, 3.05) is 5.73 Å². The van der Waals surface area contributed by atoms with E-state index in [2.05, 4.69) is 16.1 Å². The van der Waals surface area contributed by atoms with Crippen LogP contribution in [-0.4, -0.2) is 19.3 Å². The predicted molar refractivity (Wildman–Crippen MR) is 74.9 cm³/mol. The number of hydrogen-bond donors (Lipinski definition) is 1. The Bertz CT molecular complexity index is 704. The van der Waals surface area contributed by atoms with Crippen LogP contribution in [0.1, 0.15) is 5.82 Å². The van der Waals surface area contributed by atoms with Crippen LogP contribution in [0.15, 0.2) is 42.7 Å². The molecule has 3 rings (SSSR count). The van der Waals surface area contributed by atoms with E-state index in [9.17, 15) is 0 Å². The zero-order chi connectivity index (χ0) is 13.4. The maximum Gasteiger partial charge on any atom is 0.121 e. The molecule has 0 atom stereocenters. The van der Waals surface area contributed by atoms with Gasteiger partial charge >= 0.3 is 0 Å². The Balaban J connectivity index is 2.08. The zero-order valence-electron chi connectivity index (χ0n) is 10.9. The molecular weight excluding hydrogens is 238 g/mol. The molecule has 0 saturated carbocycles. The molecule has 0 bridgehead atoms. The summed E-state index contributed by atoms with van der Waals surface area (Å²) in [5, 5.41) is 4.39. The normalized spacial score (nSPS) is 10.8. The quantitative estimate of drug-likeness (QED) is 0.761. The summed E-state index contributed by atoms with van der Waals surface area (Å²) >= 11 is 0. The van der Waals surface area contributed by atoms with Gasteiger partial charge in [-0.1, -0.05) is 12.1 Å². The number of nitrogens with zero attached hydrogens (tertiary/aromatic N) is 4. The molecule has 5 heteroatoms. The number of imidazole rings is 1. The van der Waals surface area contributed by atoms with E-state index >= 15 is 0 Å². The largest absolute Gasteiger partial charge is 0.384 e. The maximum atomic E-state index is 5.82. The van der Waals surface area contributed by atoms with Gasteiger partial charge in [0, 0.05) is 36.8 Å². The van der Waals surface area contributed by atoms with Gasteiger partial charge in [0.25, 0.3) is 0 Å². The topological polar surface area (TPSA) is 61.7 Å². The minimum atomic E-state index is 0.652. The van der Waals surface area contributed by atoms with Gasteiger partial charge in [-0.05, 0) is 19.1 Å². The third-order valence-corrected chi connectivity index (χ3v) is 3.16. The van der Waals surface area contributed by atoms with Crippen molar-refractivity contribution in [2.24, 2.45) is 7.05 Å². The molecule has 2 heterocycles. The average Bonchev–Trinajstić information content (AvgIpc) is 2.97. The molecule has 0 unspecified atom stereocenters. The lowest BCUT2D eigenvalue weighted by atomic mass is 10.1. The van der Waals surface area contributed by atoms with Gasteiger partial charge in [0.15, 0.2) is 0 Å². The number of hydrogen-bond acceptors (Lipinski definition) is 3. The van der Waals surface area contributed by atoms with Gasteiger partial charge in [-0.25, -0.2) is 4.98 Å². The standard InChI is InChI=1S/C14H15N5/c1-10-16-6-7-19(10)12-5-3-4-11(8-12)13-9-14(15)18(2)17-13/h3-9H,15H2,1-2H3. The SMILES string of the molecule is Cc1nccn1-c1cccc(-c2cc(N)n(C)n2)c1. The molecule has 0 saturated heterocycles. The highest BCUT2D eigenvalue weighted by Crippen LogP contribution is 2.22. The minimum Gasteiger partial charge on any atom is -0.384 e. The summed E-state index contributed by atoms with van der Waals surface area (Å²) in [7, 11) is 1.84. The Hall–Kier alpha value is -2.56. The Morgan fingerprint density at radius 1 is 1.21 bits per heavy atom. The molecule has 0 amide bonds. The molecule has 0 fully saturated rings.